The van der Waals surface area contributed by atoms with Crippen molar-refractivity contribution in [1.29, 1.82) is 5.26 Å². The van der Waals surface area contributed by atoms with Crippen LogP contribution in [0.15, 0.2) is 18.2 Å². The van der Waals surface area contributed by atoms with Crippen molar-refractivity contribution in [1.82, 2.24) is 5.32 Å². The predicted octanol–water partition coefficient (Wildman–Crippen LogP) is 3.76. The minimum absolute atomic E-state index is 0.234. The van der Waals surface area contributed by atoms with E-state index in [1.807, 2.05) is 0 Å². The average molecular weight is 260 g/mol. The van der Waals surface area contributed by atoms with Gasteiger partial charge in [-0.2, -0.15) is 5.26 Å². The minimum atomic E-state index is -0.234. The Morgan fingerprint density at radius 2 is 2.11 bits per heavy atom. The Balaban J connectivity index is 1.92. The van der Waals surface area contributed by atoms with Crippen LogP contribution in [0.3, 0.4) is 0 Å². The summed E-state index contributed by atoms with van der Waals surface area (Å²) in [6.45, 7) is 2.68. The van der Waals surface area contributed by atoms with Gasteiger partial charge in [-0.05, 0) is 43.9 Å². The molecule has 1 atom stereocenters. The first-order valence-electron chi connectivity index (χ1n) is 7.12. The van der Waals surface area contributed by atoms with Crippen LogP contribution in [0.25, 0.3) is 0 Å². The van der Waals surface area contributed by atoms with E-state index in [2.05, 4.69) is 18.3 Å². The van der Waals surface area contributed by atoms with Crippen molar-refractivity contribution >= 4 is 0 Å². The second-order valence-electron chi connectivity index (χ2n) is 5.49. The molecule has 1 fully saturated rings. The zero-order chi connectivity index (χ0) is 13.7. The topological polar surface area (TPSA) is 35.8 Å². The highest BCUT2D eigenvalue weighted by atomic mass is 19.1. The van der Waals surface area contributed by atoms with Gasteiger partial charge < -0.3 is 5.32 Å². The lowest BCUT2D eigenvalue weighted by Gasteiger charge is -2.28. The van der Waals surface area contributed by atoms with Gasteiger partial charge >= 0.3 is 0 Å². The molecule has 1 aromatic rings. The van der Waals surface area contributed by atoms with Crippen LogP contribution in [0.1, 0.15) is 50.2 Å². The van der Waals surface area contributed by atoms with Crippen LogP contribution in [0.4, 0.5) is 4.39 Å². The van der Waals surface area contributed by atoms with Crippen molar-refractivity contribution in [2.75, 3.05) is 0 Å². The van der Waals surface area contributed by atoms with Crippen molar-refractivity contribution in [2.24, 2.45) is 5.92 Å². The number of benzene rings is 1. The molecule has 2 nitrogen and oxygen atoms in total. The van der Waals surface area contributed by atoms with E-state index >= 15 is 0 Å². The molecule has 0 aliphatic heterocycles. The number of nitrogens with one attached hydrogen (secondary N) is 1. The maximum Gasteiger partial charge on any atom is 0.127 e. The Morgan fingerprint density at radius 1 is 1.37 bits per heavy atom. The number of hydrogen-bond donors (Lipinski definition) is 1. The molecule has 0 unspecified atom stereocenters. The summed E-state index contributed by atoms with van der Waals surface area (Å²) in [5.41, 5.74) is 1.10. The molecule has 19 heavy (non-hydrogen) atoms. The second kappa shape index (κ2) is 6.68. The smallest absolute Gasteiger partial charge is 0.127 e. The quantitative estimate of drug-likeness (QED) is 0.894. The number of nitriles is 1. The standard InChI is InChI=1S/C16H21FN2/c1-12(14-5-3-2-4-6-14)19-11-15-9-13(10-18)7-8-16(15)17/h7-9,12,14,19H,2-6,11H2,1H3/t12-/m0/s1. The Bertz CT molecular complexity index is 458. The lowest BCUT2D eigenvalue weighted by atomic mass is 9.84. The van der Waals surface area contributed by atoms with Crippen LogP contribution in [-0.2, 0) is 6.54 Å². The highest BCUT2D eigenvalue weighted by Gasteiger charge is 2.19. The van der Waals surface area contributed by atoms with Crippen molar-refractivity contribution in [2.45, 2.75) is 51.6 Å². The number of halogens is 1. The van der Waals surface area contributed by atoms with E-state index in [1.54, 1.807) is 6.07 Å². The van der Waals surface area contributed by atoms with Gasteiger partial charge in [0.25, 0.3) is 0 Å². The Morgan fingerprint density at radius 3 is 2.79 bits per heavy atom. The van der Waals surface area contributed by atoms with E-state index in [-0.39, 0.29) is 5.82 Å². The lowest BCUT2D eigenvalue weighted by Crippen LogP contribution is -2.34. The summed E-state index contributed by atoms with van der Waals surface area (Å²) in [5.74, 6) is 0.471. The van der Waals surface area contributed by atoms with Crippen molar-refractivity contribution < 1.29 is 4.39 Å². The minimum Gasteiger partial charge on any atom is -0.310 e. The SMILES string of the molecule is C[C@H](NCc1cc(C#N)ccc1F)C1CCCCC1. The molecule has 1 N–H and O–H groups in total. The lowest BCUT2D eigenvalue weighted by molar-refractivity contribution is 0.280. The monoisotopic (exact) mass is 260 g/mol. The fourth-order valence-electron chi connectivity index (χ4n) is 2.85. The van der Waals surface area contributed by atoms with Gasteiger partial charge in [0.05, 0.1) is 11.6 Å². The molecule has 0 bridgehead atoms. The molecule has 0 amide bonds. The van der Waals surface area contributed by atoms with E-state index in [0.717, 1.165) is 0 Å². The maximum absolute atomic E-state index is 13.6. The van der Waals surface area contributed by atoms with Gasteiger partial charge in [-0.25, -0.2) is 4.39 Å². The Labute approximate surface area is 114 Å². The van der Waals surface area contributed by atoms with Gasteiger partial charge in [0.2, 0.25) is 0 Å². The van der Waals surface area contributed by atoms with Crippen LogP contribution in [-0.4, -0.2) is 6.04 Å². The van der Waals surface area contributed by atoms with Gasteiger partial charge in [0.15, 0.2) is 0 Å². The molecule has 0 heterocycles. The average Bonchev–Trinajstić information content (AvgIpc) is 2.47. The van der Waals surface area contributed by atoms with Crippen molar-refractivity contribution in [3.05, 3.63) is 35.1 Å². The fraction of sp³-hybridized carbons (Fsp3) is 0.562. The van der Waals surface area contributed by atoms with E-state index in [9.17, 15) is 4.39 Å². The van der Waals surface area contributed by atoms with Gasteiger partial charge in [0.1, 0.15) is 5.82 Å². The summed E-state index contributed by atoms with van der Waals surface area (Å²) in [6, 6.07) is 6.99. The van der Waals surface area contributed by atoms with Crippen LogP contribution in [0, 0.1) is 23.1 Å². The van der Waals surface area contributed by atoms with Crippen LogP contribution >= 0.6 is 0 Å². The Kier molecular flexibility index (Phi) is 4.93. The third kappa shape index (κ3) is 3.78. The third-order valence-corrected chi connectivity index (χ3v) is 4.15. The summed E-state index contributed by atoms with van der Waals surface area (Å²) in [7, 11) is 0. The van der Waals surface area contributed by atoms with E-state index in [4.69, 9.17) is 5.26 Å². The van der Waals surface area contributed by atoms with Gasteiger partial charge in [-0.15, -0.1) is 0 Å². The first-order chi connectivity index (χ1) is 9.20. The number of rotatable bonds is 4. The highest BCUT2D eigenvalue weighted by molar-refractivity contribution is 5.33. The van der Waals surface area contributed by atoms with Crippen LogP contribution < -0.4 is 5.32 Å². The zero-order valence-corrected chi connectivity index (χ0v) is 11.5. The molecule has 0 aromatic heterocycles. The molecule has 2 rings (SSSR count). The highest BCUT2D eigenvalue weighted by Crippen LogP contribution is 2.26. The molecule has 1 aromatic carbocycles. The van der Waals surface area contributed by atoms with E-state index in [1.165, 1.54) is 44.2 Å². The molecule has 0 spiro atoms. The van der Waals surface area contributed by atoms with Crippen LogP contribution in [0.2, 0.25) is 0 Å². The maximum atomic E-state index is 13.6. The first kappa shape index (κ1) is 14.0. The molecular formula is C16H21FN2. The molecule has 1 saturated carbocycles. The van der Waals surface area contributed by atoms with E-state index < -0.39 is 0 Å². The van der Waals surface area contributed by atoms with Gasteiger partial charge in [-0.3, -0.25) is 0 Å². The largest absolute Gasteiger partial charge is 0.310 e. The molecular weight excluding hydrogens is 239 g/mol. The molecule has 1 aliphatic carbocycles. The summed E-state index contributed by atoms with van der Waals surface area (Å²) in [6.07, 6.45) is 6.52. The molecule has 1 aliphatic rings. The summed E-state index contributed by atoms with van der Waals surface area (Å²) >= 11 is 0. The van der Waals surface area contributed by atoms with Crippen molar-refractivity contribution in [3.8, 4) is 6.07 Å². The summed E-state index contributed by atoms with van der Waals surface area (Å²) in [5, 5.41) is 12.3. The summed E-state index contributed by atoms with van der Waals surface area (Å²) in [4.78, 5) is 0. The second-order valence-corrected chi connectivity index (χ2v) is 5.49. The first-order valence-corrected chi connectivity index (χ1v) is 7.12. The molecule has 0 radical (unpaired) electrons. The number of hydrogen-bond acceptors (Lipinski definition) is 2. The Hall–Kier alpha value is -1.40. The fourth-order valence-corrected chi connectivity index (χ4v) is 2.85. The molecule has 3 heteroatoms. The van der Waals surface area contributed by atoms with Gasteiger partial charge in [0, 0.05) is 18.2 Å². The van der Waals surface area contributed by atoms with E-state index in [0.29, 0.717) is 29.6 Å². The zero-order valence-electron chi connectivity index (χ0n) is 11.5. The number of nitrogens with zero attached hydrogens (tertiary/aromatic N) is 1. The third-order valence-electron chi connectivity index (χ3n) is 4.15. The molecule has 102 valence electrons. The summed E-state index contributed by atoms with van der Waals surface area (Å²) < 4.78 is 13.6. The predicted molar refractivity (Wildman–Crippen MR) is 74.0 cm³/mol. The van der Waals surface area contributed by atoms with Gasteiger partial charge in [-0.1, -0.05) is 19.3 Å². The van der Waals surface area contributed by atoms with Crippen molar-refractivity contribution in [3.63, 3.8) is 0 Å². The normalized spacial score (nSPS) is 17.9. The molecule has 0 saturated heterocycles. The van der Waals surface area contributed by atoms with Crippen LogP contribution in [0.5, 0.6) is 0 Å².